The fourth-order valence-electron chi connectivity index (χ4n) is 4.40. The van der Waals surface area contributed by atoms with Gasteiger partial charge in [-0.1, -0.05) is 66.6 Å². The first-order valence-corrected chi connectivity index (χ1v) is 15.4. The van der Waals surface area contributed by atoms with Gasteiger partial charge in [0.2, 0.25) is 0 Å². The van der Waals surface area contributed by atoms with Gasteiger partial charge in [0.1, 0.15) is 11.5 Å². The fraction of sp³-hybridized carbons (Fsp3) is 0.233. The average Bonchev–Trinajstić information content (AvgIpc) is 3.52. The van der Waals surface area contributed by atoms with Gasteiger partial charge in [0, 0.05) is 16.5 Å². The van der Waals surface area contributed by atoms with Crippen LogP contribution in [0.3, 0.4) is 0 Å². The summed E-state index contributed by atoms with van der Waals surface area (Å²) in [5, 5.41) is 0.818. The zero-order chi connectivity index (χ0) is 28.6. The number of halogens is 2. The molecule has 0 bridgehead atoms. The molecule has 0 spiro atoms. The van der Waals surface area contributed by atoms with Crippen LogP contribution in [0.2, 0.25) is 10.0 Å². The van der Waals surface area contributed by atoms with Crippen molar-refractivity contribution in [3.63, 3.8) is 0 Å². The van der Waals surface area contributed by atoms with E-state index in [1.807, 2.05) is 50.4 Å². The summed E-state index contributed by atoms with van der Waals surface area (Å²) in [6, 6.07) is 16.0. The van der Waals surface area contributed by atoms with Gasteiger partial charge in [-0.15, -0.1) is 11.8 Å². The number of thioether (sulfide) groups is 1. The molecule has 0 radical (unpaired) electrons. The zero-order valence-corrected chi connectivity index (χ0v) is 25.4. The number of thiazole rings is 1. The number of carbonyl (C=O) groups excluding carboxylic acids is 1. The van der Waals surface area contributed by atoms with E-state index in [1.54, 1.807) is 53.6 Å². The third-order valence-corrected chi connectivity index (χ3v) is 8.88. The molecule has 0 saturated carbocycles. The Hall–Kier alpha value is -3.04. The van der Waals surface area contributed by atoms with Crippen LogP contribution in [-0.2, 0) is 9.53 Å². The van der Waals surface area contributed by atoms with Crippen LogP contribution in [0.25, 0.3) is 17.4 Å². The van der Waals surface area contributed by atoms with Crippen LogP contribution in [0.1, 0.15) is 38.1 Å². The Morgan fingerprint density at radius 1 is 1.18 bits per heavy atom. The predicted octanol–water partition coefficient (Wildman–Crippen LogP) is 6.72. The summed E-state index contributed by atoms with van der Waals surface area (Å²) in [4.78, 5) is 33.4. The van der Waals surface area contributed by atoms with Gasteiger partial charge in [-0.3, -0.25) is 9.36 Å². The summed E-state index contributed by atoms with van der Waals surface area (Å²) < 4.78 is 13.6. The lowest BCUT2D eigenvalue weighted by Crippen LogP contribution is -2.40. The maximum absolute atomic E-state index is 13.9. The molecule has 0 aliphatic carbocycles. The van der Waals surface area contributed by atoms with Crippen molar-refractivity contribution in [1.29, 1.82) is 0 Å². The number of carbonyl (C=O) groups is 1. The lowest BCUT2D eigenvalue weighted by atomic mass is 9.96. The second-order valence-electron chi connectivity index (χ2n) is 9.65. The Labute approximate surface area is 249 Å². The van der Waals surface area contributed by atoms with Crippen LogP contribution < -0.4 is 14.9 Å². The van der Waals surface area contributed by atoms with E-state index in [1.165, 1.54) is 11.3 Å². The van der Waals surface area contributed by atoms with E-state index in [0.717, 1.165) is 10.5 Å². The highest BCUT2D eigenvalue weighted by atomic mass is 35.5. The third kappa shape index (κ3) is 5.59. The van der Waals surface area contributed by atoms with Crippen LogP contribution in [0.5, 0.6) is 0 Å². The first-order chi connectivity index (χ1) is 19.2. The lowest BCUT2D eigenvalue weighted by Gasteiger charge is -2.25. The molecule has 206 valence electrons. The van der Waals surface area contributed by atoms with Crippen molar-refractivity contribution in [3.05, 3.63) is 107 Å². The molecule has 0 N–H and O–H groups in total. The summed E-state index contributed by atoms with van der Waals surface area (Å²) in [5.41, 5.74) is 2.06. The quantitative estimate of drug-likeness (QED) is 0.171. The molecule has 3 heterocycles. The van der Waals surface area contributed by atoms with E-state index < -0.39 is 12.0 Å². The Morgan fingerprint density at radius 2 is 1.93 bits per heavy atom. The minimum Gasteiger partial charge on any atom is -0.462 e. The number of aromatic nitrogens is 1. The van der Waals surface area contributed by atoms with Crippen molar-refractivity contribution >= 4 is 58.3 Å². The van der Waals surface area contributed by atoms with Gasteiger partial charge in [0.15, 0.2) is 4.80 Å². The summed E-state index contributed by atoms with van der Waals surface area (Å²) in [6.45, 7) is 6.00. The molecule has 0 saturated heterocycles. The van der Waals surface area contributed by atoms with Crippen molar-refractivity contribution in [2.75, 3.05) is 12.9 Å². The molecule has 1 atom stereocenters. The second kappa shape index (κ2) is 11.8. The van der Waals surface area contributed by atoms with Gasteiger partial charge >= 0.3 is 5.97 Å². The number of furan rings is 1. The molecule has 6 nitrogen and oxygen atoms in total. The number of allylic oxidation sites excluding steroid dienone is 1. The van der Waals surface area contributed by atoms with Gasteiger partial charge in [-0.05, 0) is 61.1 Å². The lowest BCUT2D eigenvalue weighted by molar-refractivity contribution is -0.140. The standard InChI is InChI=1S/C30H26Cl2N2O4S2/c1-16(2)15-37-29(36)25-17(3)33-30-34(27(25)18-8-11-20(39-4)12-9-18)28(35)24(40-30)14-19-10-13-23(38-19)21-6-5-7-22(31)26(21)32/h5-14,16,27H,15H2,1-4H3. The highest BCUT2D eigenvalue weighted by molar-refractivity contribution is 7.98. The second-order valence-corrected chi connectivity index (χ2v) is 12.3. The summed E-state index contributed by atoms with van der Waals surface area (Å²) in [7, 11) is 0. The monoisotopic (exact) mass is 612 g/mol. The minimum absolute atomic E-state index is 0.172. The summed E-state index contributed by atoms with van der Waals surface area (Å²) >= 11 is 15.4. The van der Waals surface area contributed by atoms with Crippen LogP contribution in [0, 0.1) is 5.92 Å². The van der Waals surface area contributed by atoms with Gasteiger partial charge < -0.3 is 9.15 Å². The van der Waals surface area contributed by atoms with E-state index in [9.17, 15) is 9.59 Å². The number of nitrogens with zero attached hydrogens (tertiary/aromatic N) is 2. The van der Waals surface area contributed by atoms with Crippen molar-refractivity contribution in [3.8, 4) is 11.3 Å². The van der Waals surface area contributed by atoms with Gasteiger partial charge in [0.05, 0.1) is 38.5 Å². The van der Waals surface area contributed by atoms with E-state index >= 15 is 0 Å². The SMILES string of the molecule is CSc1ccc(C2C(C(=O)OCC(C)C)=C(C)N=c3sc(=Cc4ccc(-c5cccc(Cl)c5Cl)o4)c(=O)n32)cc1. The van der Waals surface area contributed by atoms with Crippen LogP contribution in [0.15, 0.2) is 85.0 Å². The maximum Gasteiger partial charge on any atom is 0.338 e. The molecule has 4 aromatic rings. The molecular weight excluding hydrogens is 587 g/mol. The molecule has 2 aromatic carbocycles. The molecule has 1 aliphatic heterocycles. The highest BCUT2D eigenvalue weighted by Crippen LogP contribution is 2.35. The Morgan fingerprint density at radius 3 is 2.62 bits per heavy atom. The number of esters is 1. The molecule has 5 rings (SSSR count). The maximum atomic E-state index is 13.9. The Balaban J connectivity index is 1.61. The number of hydrogen-bond acceptors (Lipinski definition) is 7. The van der Waals surface area contributed by atoms with Crippen molar-refractivity contribution in [2.45, 2.75) is 31.7 Å². The van der Waals surface area contributed by atoms with Crippen LogP contribution >= 0.6 is 46.3 Å². The number of benzene rings is 2. The van der Waals surface area contributed by atoms with Gasteiger partial charge in [0.25, 0.3) is 5.56 Å². The first kappa shape index (κ1) is 28.5. The average molecular weight is 614 g/mol. The molecule has 1 aliphatic rings. The predicted molar refractivity (Wildman–Crippen MR) is 162 cm³/mol. The largest absolute Gasteiger partial charge is 0.462 e. The number of rotatable bonds is 7. The Bertz CT molecular complexity index is 1800. The number of hydrogen-bond donors (Lipinski definition) is 0. The smallest absolute Gasteiger partial charge is 0.338 e. The Kier molecular flexibility index (Phi) is 8.42. The summed E-state index contributed by atoms with van der Waals surface area (Å²) in [5.74, 6) is 0.705. The number of ether oxygens (including phenoxy) is 1. The van der Waals surface area contributed by atoms with E-state index in [0.29, 0.717) is 47.7 Å². The molecule has 10 heteroatoms. The fourth-order valence-corrected chi connectivity index (χ4v) is 6.23. The highest BCUT2D eigenvalue weighted by Gasteiger charge is 2.33. The van der Waals surface area contributed by atoms with Gasteiger partial charge in [-0.2, -0.15) is 0 Å². The normalized spacial score (nSPS) is 15.4. The van der Waals surface area contributed by atoms with Gasteiger partial charge in [-0.25, -0.2) is 9.79 Å². The molecule has 40 heavy (non-hydrogen) atoms. The zero-order valence-electron chi connectivity index (χ0n) is 22.2. The van der Waals surface area contributed by atoms with Crippen LogP contribution in [-0.4, -0.2) is 23.4 Å². The van der Waals surface area contributed by atoms with Crippen LogP contribution in [0.4, 0.5) is 0 Å². The number of fused-ring (bicyclic) bond motifs is 1. The van der Waals surface area contributed by atoms with E-state index in [4.69, 9.17) is 32.4 Å². The molecule has 1 unspecified atom stereocenters. The molecular formula is C30H26Cl2N2O4S2. The van der Waals surface area contributed by atoms with E-state index in [2.05, 4.69) is 4.99 Å². The van der Waals surface area contributed by atoms with Crippen molar-refractivity contribution in [1.82, 2.24) is 4.57 Å². The van der Waals surface area contributed by atoms with E-state index in [-0.39, 0.29) is 18.1 Å². The summed E-state index contributed by atoms with van der Waals surface area (Å²) in [6.07, 6.45) is 3.67. The topological polar surface area (TPSA) is 73.8 Å². The molecule has 2 aromatic heterocycles. The van der Waals surface area contributed by atoms with Crippen molar-refractivity contribution in [2.24, 2.45) is 10.9 Å². The first-order valence-electron chi connectivity index (χ1n) is 12.6. The molecule has 0 amide bonds. The third-order valence-electron chi connectivity index (χ3n) is 6.34. The van der Waals surface area contributed by atoms with Crippen molar-refractivity contribution < 1.29 is 13.9 Å². The minimum atomic E-state index is -0.675. The molecule has 0 fully saturated rings.